The van der Waals surface area contributed by atoms with E-state index >= 15 is 0 Å². The van der Waals surface area contributed by atoms with Gasteiger partial charge in [-0.05, 0) is 31.0 Å². The van der Waals surface area contributed by atoms with Crippen molar-refractivity contribution in [3.05, 3.63) is 53.9 Å². The number of aromatic nitrogens is 2. The highest BCUT2D eigenvalue weighted by atomic mass is 19.1. The first-order valence-corrected chi connectivity index (χ1v) is 7.57. The van der Waals surface area contributed by atoms with E-state index in [2.05, 4.69) is 9.97 Å². The first kappa shape index (κ1) is 15.4. The second kappa shape index (κ2) is 6.73. The number of carbonyl (C=O) groups is 1. The predicted molar refractivity (Wildman–Crippen MR) is 82.9 cm³/mol. The molecule has 1 aromatic carbocycles. The van der Waals surface area contributed by atoms with Gasteiger partial charge in [-0.3, -0.25) is 14.8 Å². The summed E-state index contributed by atoms with van der Waals surface area (Å²) < 4.78 is 18.6. The fraction of sp³-hybridized carbons (Fsp3) is 0.353. The summed E-state index contributed by atoms with van der Waals surface area (Å²) in [5.41, 5.74) is 1.23. The number of hydrogen-bond acceptors (Lipinski definition) is 4. The van der Waals surface area contributed by atoms with Crippen LogP contribution in [0, 0.1) is 5.82 Å². The maximum atomic E-state index is 13.5. The number of hydrogen-bond donors (Lipinski definition) is 0. The normalized spacial score (nSPS) is 15.5. The summed E-state index contributed by atoms with van der Waals surface area (Å²) in [5.74, 6) is 0.0668. The molecule has 0 unspecified atom stereocenters. The lowest BCUT2D eigenvalue weighted by Gasteiger charge is -2.32. The van der Waals surface area contributed by atoms with Gasteiger partial charge in [0.25, 0.3) is 5.91 Å². The van der Waals surface area contributed by atoms with Gasteiger partial charge in [-0.15, -0.1) is 0 Å². The zero-order valence-electron chi connectivity index (χ0n) is 12.9. The summed E-state index contributed by atoms with van der Waals surface area (Å²) in [5, 5.41) is 0. The van der Waals surface area contributed by atoms with Crippen molar-refractivity contribution in [1.82, 2.24) is 14.9 Å². The Morgan fingerprint density at radius 3 is 2.74 bits per heavy atom. The molecule has 6 heteroatoms. The molecule has 1 saturated heterocycles. The molecule has 2 heterocycles. The molecule has 3 rings (SSSR count). The molecular formula is C17H18FN3O2. The van der Waals surface area contributed by atoms with Gasteiger partial charge in [0.15, 0.2) is 0 Å². The monoisotopic (exact) mass is 315 g/mol. The number of benzene rings is 1. The van der Waals surface area contributed by atoms with Crippen LogP contribution in [0.4, 0.5) is 4.39 Å². The minimum atomic E-state index is -0.441. The molecule has 0 N–H and O–H groups in total. The quantitative estimate of drug-likeness (QED) is 0.874. The number of nitrogens with zero attached hydrogens (tertiary/aromatic N) is 3. The number of halogens is 1. The lowest BCUT2D eigenvalue weighted by molar-refractivity contribution is 0.0708. The van der Waals surface area contributed by atoms with E-state index < -0.39 is 5.82 Å². The van der Waals surface area contributed by atoms with Crippen molar-refractivity contribution >= 4 is 5.91 Å². The van der Waals surface area contributed by atoms with Gasteiger partial charge in [0, 0.05) is 37.6 Å². The molecule has 120 valence electrons. The first-order valence-electron chi connectivity index (χ1n) is 7.57. The SMILES string of the molecule is COc1ccc(F)cc1C(=O)N1CCC(c2cnccn2)CC1. The Bertz CT molecular complexity index is 685. The Balaban J connectivity index is 1.70. The van der Waals surface area contributed by atoms with E-state index in [9.17, 15) is 9.18 Å². The van der Waals surface area contributed by atoms with Crippen LogP contribution < -0.4 is 4.74 Å². The third-order valence-electron chi connectivity index (χ3n) is 4.18. The van der Waals surface area contributed by atoms with Crippen LogP contribution in [0.3, 0.4) is 0 Å². The molecule has 1 aliphatic rings. The zero-order valence-corrected chi connectivity index (χ0v) is 12.9. The standard InChI is InChI=1S/C17H18FN3O2/c1-23-16-3-2-13(18)10-14(16)17(22)21-8-4-12(5-9-21)15-11-19-6-7-20-15/h2-3,6-7,10-12H,4-5,8-9H2,1H3. The maximum Gasteiger partial charge on any atom is 0.257 e. The summed E-state index contributed by atoms with van der Waals surface area (Å²) in [6.45, 7) is 1.22. The highest BCUT2D eigenvalue weighted by Crippen LogP contribution is 2.28. The highest BCUT2D eigenvalue weighted by molar-refractivity contribution is 5.97. The van der Waals surface area contributed by atoms with Crippen LogP contribution in [0.5, 0.6) is 5.75 Å². The fourth-order valence-electron chi connectivity index (χ4n) is 2.92. The minimum absolute atomic E-state index is 0.195. The molecule has 0 aliphatic carbocycles. The molecule has 23 heavy (non-hydrogen) atoms. The van der Waals surface area contributed by atoms with E-state index in [1.807, 2.05) is 0 Å². The van der Waals surface area contributed by atoms with E-state index in [0.29, 0.717) is 24.8 Å². The van der Waals surface area contributed by atoms with Crippen LogP contribution in [0.15, 0.2) is 36.8 Å². The van der Waals surface area contributed by atoms with Gasteiger partial charge in [0.05, 0.1) is 18.4 Å². The number of carbonyl (C=O) groups excluding carboxylic acids is 1. The Hall–Kier alpha value is -2.50. The molecule has 0 radical (unpaired) electrons. The Labute approximate surface area is 134 Å². The lowest BCUT2D eigenvalue weighted by atomic mass is 9.93. The lowest BCUT2D eigenvalue weighted by Crippen LogP contribution is -2.38. The topological polar surface area (TPSA) is 55.3 Å². The van der Waals surface area contributed by atoms with Crippen LogP contribution in [0.25, 0.3) is 0 Å². The van der Waals surface area contributed by atoms with Gasteiger partial charge in [-0.2, -0.15) is 0 Å². The minimum Gasteiger partial charge on any atom is -0.496 e. The predicted octanol–water partition coefficient (Wildman–Crippen LogP) is 2.64. The Morgan fingerprint density at radius 1 is 1.30 bits per heavy atom. The summed E-state index contributed by atoms with van der Waals surface area (Å²) in [6.07, 6.45) is 6.75. The maximum absolute atomic E-state index is 13.5. The molecule has 1 amide bonds. The molecule has 1 aliphatic heterocycles. The van der Waals surface area contributed by atoms with Crippen LogP contribution in [-0.4, -0.2) is 41.0 Å². The average molecular weight is 315 g/mol. The van der Waals surface area contributed by atoms with E-state index in [0.717, 1.165) is 18.5 Å². The second-order valence-electron chi connectivity index (χ2n) is 5.54. The third kappa shape index (κ3) is 3.31. The van der Waals surface area contributed by atoms with Crippen molar-refractivity contribution in [2.75, 3.05) is 20.2 Å². The van der Waals surface area contributed by atoms with E-state index in [4.69, 9.17) is 4.74 Å². The van der Waals surface area contributed by atoms with E-state index in [-0.39, 0.29) is 11.5 Å². The Kier molecular flexibility index (Phi) is 4.50. The molecule has 0 atom stereocenters. The van der Waals surface area contributed by atoms with Crippen molar-refractivity contribution in [3.8, 4) is 5.75 Å². The van der Waals surface area contributed by atoms with Gasteiger partial charge in [-0.25, -0.2) is 4.39 Å². The average Bonchev–Trinajstić information content (AvgIpc) is 2.62. The van der Waals surface area contributed by atoms with Crippen molar-refractivity contribution in [2.24, 2.45) is 0 Å². The van der Waals surface area contributed by atoms with Crippen LogP contribution in [0.2, 0.25) is 0 Å². The van der Waals surface area contributed by atoms with Gasteiger partial charge >= 0.3 is 0 Å². The van der Waals surface area contributed by atoms with Crippen molar-refractivity contribution in [1.29, 1.82) is 0 Å². The molecule has 2 aromatic rings. The van der Waals surface area contributed by atoms with Gasteiger partial charge in [-0.1, -0.05) is 0 Å². The van der Waals surface area contributed by atoms with E-state index in [1.54, 1.807) is 23.5 Å². The summed E-state index contributed by atoms with van der Waals surface area (Å²) in [6, 6.07) is 4.00. The summed E-state index contributed by atoms with van der Waals surface area (Å²) in [7, 11) is 1.48. The number of piperidine rings is 1. The number of amides is 1. The smallest absolute Gasteiger partial charge is 0.257 e. The largest absolute Gasteiger partial charge is 0.496 e. The van der Waals surface area contributed by atoms with E-state index in [1.165, 1.54) is 25.3 Å². The van der Waals surface area contributed by atoms with Crippen molar-refractivity contribution in [2.45, 2.75) is 18.8 Å². The highest BCUT2D eigenvalue weighted by Gasteiger charge is 2.27. The molecule has 0 bridgehead atoms. The fourth-order valence-corrected chi connectivity index (χ4v) is 2.92. The first-order chi connectivity index (χ1) is 11.2. The van der Waals surface area contributed by atoms with Gasteiger partial charge < -0.3 is 9.64 Å². The number of likely N-dealkylation sites (tertiary alicyclic amines) is 1. The number of ether oxygens (including phenoxy) is 1. The van der Waals surface area contributed by atoms with Crippen LogP contribution in [0.1, 0.15) is 34.8 Å². The molecular weight excluding hydrogens is 297 g/mol. The summed E-state index contributed by atoms with van der Waals surface area (Å²) in [4.78, 5) is 22.8. The van der Waals surface area contributed by atoms with Gasteiger partial charge in [0.1, 0.15) is 11.6 Å². The van der Waals surface area contributed by atoms with Crippen molar-refractivity contribution < 1.29 is 13.9 Å². The van der Waals surface area contributed by atoms with Crippen LogP contribution in [-0.2, 0) is 0 Å². The number of rotatable bonds is 3. The molecule has 0 spiro atoms. The number of methoxy groups -OCH3 is 1. The van der Waals surface area contributed by atoms with Crippen LogP contribution >= 0.6 is 0 Å². The zero-order chi connectivity index (χ0) is 16.2. The molecule has 0 saturated carbocycles. The van der Waals surface area contributed by atoms with Gasteiger partial charge in [0.2, 0.25) is 0 Å². The second-order valence-corrected chi connectivity index (χ2v) is 5.54. The molecule has 1 fully saturated rings. The Morgan fingerprint density at radius 2 is 2.09 bits per heavy atom. The summed E-state index contributed by atoms with van der Waals surface area (Å²) >= 11 is 0. The molecule has 5 nitrogen and oxygen atoms in total. The van der Waals surface area contributed by atoms with Crippen molar-refractivity contribution in [3.63, 3.8) is 0 Å². The third-order valence-corrected chi connectivity index (χ3v) is 4.18. The molecule has 1 aromatic heterocycles.